The molecule has 5 nitrogen and oxygen atoms in total. The number of benzene rings is 3. The van der Waals surface area contributed by atoms with Crippen molar-refractivity contribution in [2.45, 2.75) is 0 Å². The van der Waals surface area contributed by atoms with Gasteiger partial charge in [0.25, 0.3) is 0 Å². The zero-order valence-electron chi connectivity index (χ0n) is 13.4. The van der Waals surface area contributed by atoms with Gasteiger partial charge in [0.05, 0.1) is 6.21 Å². The molecule has 0 fully saturated rings. The minimum atomic E-state index is 0.375. The molecule has 122 valence electrons. The molecule has 4 aromatic rings. The molecule has 4 rings (SSSR count). The van der Waals surface area contributed by atoms with Crippen molar-refractivity contribution in [2.75, 3.05) is 10.7 Å². The Morgan fingerprint density at radius 1 is 0.800 bits per heavy atom. The molecule has 3 aromatic carbocycles. The minimum absolute atomic E-state index is 0.375. The summed E-state index contributed by atoms with van der Waals surface area (Å²) in [5, 5.41) is 7.51. The Bertz CT molecular complexity index is 958. The van der Waals surface area contributed by atoms with Crippen LogP contribution in [-0.2, 0) is 0 Å². The first-order valence-corrected chi connectivity index (χ1v) is 7.94. The van der Waals surface area contributed by atoms with Gasteiger partial charge >= 0.3 is 6.01 Å². The summed E-state index contributed by atoms with van der Waals surface area (Å²) in [4.78, 5) is 4.30. The smallest absolute Gasteiger partial charge is 0.316 e. The van der Waals surface area contributed by atoms with Crippen molar-refractivity contribution in [3.8, 4) is 0 Å². The fourth-order valence-corrected chi connectivity index (χ4v) is 2.42. The zero-order valence-corrected chi connectivity index (χ0v) is 13.4. The summed E-state index contributed by atoms with van der Waals surface area (Å²) in [5.41, 5.74) is 7.40. The molecule has 0 atom stereocenters. The van der Waals surface area contributed by atoms with Crippen molar-refractivity contribution in [3.63, 3.8) is 0 Å². The van der Waals surface area contributed by atoms with Crippen molar-refractivity contribution >= 4 is 34.7 Å². The van der Waals surface area contributed by atoms with Gasteiger partial charge in [-0.25, -0.2) is 5.43 Å². The number of nitrogens with one attached hydrogen (secondary N) is 2. The van der Waals surface area contributed by atoms with Gasteiger partial charge < -0.3 is 9.73 Å². The summed E-state index contributed by atoms with van der Waals surface area (Å²) >= 11 is 0. The third-order valence-corrected chi connectivity index (χ3v) is 3.64. The van der Waals surface area contributed by atoms with Gasteiger partial charge in [-0.3, -0.25) is 0 Å². The first-order chi connectivity index (χ1) is 12.4. The number of fused-ring (bicyclic) bond motifs is 1. The molecule has 0 amide bonds. The predicted octanol–water partition coefficient (Wildman–Crippen LogP) is 5.02. The van der Waals surface area contributed by atoms with Gasteiger partial charge in [0.1, 0.15) is 5.52 Å². The molecule has 0 spiro atoms. The van der Waals surface area contributed by atoms with E-state index in [9.17, 15) is 0 Å². The Kier molecular flexibility index (Phi) is 4.12. The van der Waals surface area contributed by atoms with Gasteiger partial charge in [0.2, 0.25) is 0 Å². The number of nitrogens with zero attached hydrogens (tertiary/aromatic N) is 2. The second kappa shape index (κ2) is 6.88. The van der Waals surface area contributed by atoms with E-state index in [-0.39, 0.29) is 0 Å². The third kappa shape index (κ3) is 3.67. The normalized spacial score (nSPS) is 11.0. The Balaban J connectivity index is 1.39. The van der Waals surface area contributed by atoms with Gasteiger partial charge in [-0.1, -0.05) is 42.5 Å². The summed E-state index contributed by atoms with van der Waals surface area (Å²) < 4.78 is 5.55. The van der Waals surface area contributed by atoms with Crippen LogP contribution >= 0.6 is 0 Å². The van der Waals surface area contributed by atoms with E-state index in [0.29, 0.717) is 6.01 Å². The highest BCUT2D eigenvalue weighted by Gasteiger charge is 2.02. The molecule has 2 N–H and O–H groups in total. The first-order valence-electron chi connectivity index (χ1n) is 7.94. The van der Waals surface area contributed by atoms with Crippen LogP contribution in [0.25, 0.3) is 11.1 Å². The van der Waals surface area contributed by atoms with Gasteiger partial charge in [-0.15, -0.1) is 0 Å². The van der Waals surface area contributed by atoms with Crippen LogP contribution in [0.1, 0.15) is 5.56 Å². The fraction of sp³-hybridized carbons (Fsp3) is 0. The number of hydrazone groups is 1. The Morgan fingerprint density at radius 3 is 2.32 bits per heavy atom. The van der Waals surface area contributed by atoms with E-state index in [1.54, 1.807) is 6.21 Å². The standard InChI is InChI=1S/C20H16N4O/c1-2-6-16(7-3-1)22-17-12-10-15(11-13-17)14-21-24-20-23-18-8-4-5-9-19(18)25-20/h1-14,22H,(H,23,24)/b21-14-. The highest BCUT2D eigenvalue weighted by atomic mass is 16.4. The van der Waals surface area contributed by atoms with E-state index in [2.05, 4.69) is 20.8 Å². The van der Waals surface area contributed by atoms with Gasteiger partial charge in [-0.2, -0.15) is 10.1 Å². The second-order valence-electron chi connectivity index (χ2n) is 5.47. The minimum Gasteiger partial charge on any atom is -0.422 e. The van der Waals surface area contributed by atoms with E-state index in [1.807, 2.05) is 78.9 Å². The molecule has 0 saturated heterocycles. The van der Waals surface area contributed by atoms with Crippen LogP contribution in [0, 0.1) is 0 Å². The first kappa shape index (κ1) is 15.0. The highest BCUT2D eigenvalue weighted by molar-refractivity contribution is 5.81. The van der Waals surface area contributed by atoms with Crippen molar-refractivity contribution in [2.24, 2.45) is 5.10 Å². The van der Waals surface area contributed by atoms with Crippen molar-refractivity contribution in [1.82, 2.24) is 4.98 Å². The monoisotopic (exact) mass is 328 g/mol. The number of anilines is 3. The number of hydrogen-bond acceptors (Lipinski definition) is 5. The lowest BCUT2D eigenvalue weighted by Crippen LogP contribution is -1.92. The average Bonchev–Trinajstić information content (AvgIpc) is 3.07. The maximum absolute atomic E-state index is 5.55. The summed E-state index contributed by atoms with van der Waals surface area (Å²) in [6.07, 6.45) is 1.72. The molecule has 0 aliphatic heterocycles. The lowest BCUT2D eigenvalue weighted by molar-refractivity contribution is 0.617. The predicted molar refractivity (Wildman–Crippen MR) is 101 cm³/mol. The van der Waals surface area contributed by atoms with Crippen LogP contribution in [0.3, 0.4) is 0 Å². The SMILES string of the molecule is C(=N/Nc1nc2ccccc2o1)/c1ccc(Nc2ccccc2)cc1. The molecule has 1 aromatic heterocycles. The molecule has 0 aliphatic rings. The molecular formula is C20H16N4O. The maximum Gasteiger partial charge on any atom is 0.316 e. The molecule has 0 bridgehead atoms. The number of para-hydroxylation sites is 3. The number of aromatic nitrogens is 1. The third-order valence-electron chi connectivity index (χ3n) is 3.64. The van der Waals surface area contributed by atoms with Gasteiger partial charge in [0, 0.05) is 11.4 Å². The Morgan fingerprint density at radius 2 is 1.52 bits per heavy atom. The summed E-state index contributed by atoms with van der Waals surface area (Å²) in [6, 6.07) is 26.0. The van der Waals surface area contributed by atoms with E-state index in [1.165, 1.54) is 0 Å². The molecule has 5 heteroatoms. The van der Waals surface area contributed by atoms with Crippen LogP contribution in [0.2, 0.25) is 0 Å². The Labute approximate surface area is 145 Å². The van der Waals surface area contributed by atoms with Crippen molar-refractivity contribution in [3.05, 3.63) is 84.4 Å². The topological polar surface area (TPSA) is 62.5 Å². The lowest BCUT2D eigenvalue weighted by Gasteiger charge is -2.05. The van der Waals surface area contributed by atoms with Crippen LogP contribution in [0.4, 0.5) is 17.4 Å². The van der Waals surface area contributed by atoms with E-state index in [4.69, 9.17) is 4.42 Å². The lowest BCUT2D eigenvalue weighted by atomic mass is 10.2. The summed E-state index contributed by atoms with van der Waals surface area (Å²) in [7, 11) is 0. The van der Waals surface area contributed by atoms with Crippen LogP contribution < -0.4 is 10.7 Å². The summed E-state index contributed by atoms with van der Waals surface area (Å²) in [6.45, 7) is 0. The van der Waals surface area contributed by atoms with Crippen LogP contribution in [0.15, 0.2) is 88.4 Å². The number of rotatable bonds is 5. The van der Waals surface area contributed by atoms with E-state index < -0.39 is 0 Å². The van der Waals surface area contributed by atoms with E-state index in [0.717, 1.165) is 28.0 Å². The zero-order chi connectivity index (χ0) is 16.9. The highest BCUT2D eigenvalue weighted by Crippen LogP contribution is 2.18. The molecule has 1 heterocycles. The maximum atomic E-state index is 5.55. The van der Waals surface area contributed by atoms with E-state index >= 15 is 0 Å². The largest absolute Gasteiger partial charge is 0.422 e. The van der Waals surface area contributed by atoms with Gasteiger partial charge in [0.15, 0.2) is 5.58 Å². The average molecular weight is 328 g/mol. The second-order valence-corrected chi connectivity index (χ2v) is 5.47. The molecule has 25 heavy (non-hydrogen) atoms. The quantitative estimate of drug-likeness (QED) is 0.399. The molecule has 0 saturated carbocycles. The summed E-state index contributed by atoms with van der Waals surface area (Å²) in [5.74, 6) is 0. The van der Waals surface area contributed by atoms with Crippen molar-refractivity contribution < 1.29 is 4.42 Å². The van der Waals surface area contributed by atoms with Crippen LogP contribution in [-0.4, -0.2) is 11.2 Å². The Hall–Kier alpha value is -3.60. The number of hydrogen-bond donors (Lipinski definition) is 2. The fourth-order valence-electron chi connectivity index (χ4n) is 2.42. The molecular weight excluding hydrogens is 312 g/mol. The number of oxazole rings is 1. The van der Waals surface area contributed by atoms with Crippen molar-refractivity contribution in [1.29, 1.82) is 0 Å². The molecule has 0 unspecified atom stereocenters. The molecule has 0 aliphatic carbocycles. The van der Waals surface area contributed by atoms with Crippen LogP contribution in [0.5, 0.6) is 0 Å². The molecule has 0 radical (unpaired) electrons. The van der Waals surface area contributed by atoms with Gasteiger partial charge in [-0.05, 0) is 42.0 Å².